The van der Waals surface area contributed by atoms with E-state index in [1.54, 1.807) is 0 Å². The van der Waals surface area contributed by atoms with E-state index in [9.17, 15) is 0 Å². The van der Waals surface area contributed by atoms with Crippen LogP contribution in [0.5, 0.6) is 0 Å². The fourth-order valence-corrected chi connectivity index (χ4v) is 2.78. The van der Waals surface area contributed by atoms with Gasteiger partial charge in [0, 0.05) is 12.2 Å². The lowest BCUT2D eigenvalue weighted by Crippen LogP contribution is -2.28. The normalized spacial score (nSPS) is 17.5. The molecule has 1 aromatic rings. The van der Waals surface area contributed by atoms with Gasteiger partial charge in [0.25, 0.3) is 0 Å². The van der Waals surface area contributed by atoms with E-state index in [1.807, 2.05) is 0 Å². The molecule has 2 rings (SSSR count). The van der Waals surface area contributed by atoms with Gasteiger partial charge in [-0.25, -0.2) is 0 Å². The summed E-state index contributed by atoms with van der Waals surface area (Å²) in [6, 6.07) is 2.14. The van der Waals surface area contributed by atoms with Gasteiger partial charge in [-0.15, -0.1) is 0 Å². The Kier molecular flexibility index (Phi) is 4.60. The predicted molar refractivity (Wildman–Crippen MR) is 71.1 cm³/mol. The Bertz CT molecular complexity index is 337. The van der Waals surface area contributed by atoms with Crippen LogP contribution in [0.2, 0.25) is 0 Å². The van der Waals surface area contributed by atoms with Gasteiger partial charge in [0.2, 0.25) is 0 Å². The Morgan fingerprint density at radius 3 is 2.71 bits per heavy atom. The molecule has 96 valence electrons. The molecule has 1 N–H and O–H groups in total. The maximum absolute atomic E-state index is 4.47. The average Bonchev–Trinajstić information content (AvgIpc) is 2.65. The van der Waals surface area contributed by atoms with E-state index >= 15 is 0 Å². The third-order valence-corrected chi connectivity index (χ3v) is 3.76. The summed E-state index contributed by atoms with van der Waals surface area (Å²) in [5.41, 5.74) is 2.39. The Morgan fingerprint density at radius 1 is 1.29 bits per heavy atom. The lowest BCUT2D eigenvalue weighted by Gasteiger charge is -2.21. The van der Waals surface area contributed by atoms with E-state index in [-0.39, 0.29) is 0 Å². The van der Waals surface area contributed by atoms with Gasteiger partial charge in [-0.05, 0) is 45.2 Å². The molecule has 1 aliphatic rings. The topological polar surface area (TPSA) is 29.9 Å². The first-order valence-electron chi connectivity index (χ1n) is 6.97. The monoisotopic (exact) mass is 235 g/mol. The SMILES string of the molecule is Cc1cc(C)n(CCNCC2CCCCC2)n1. The standard InChI is InChI=1S/C14H25N3/c1-12-10-13(2)17(16-12)9-8-15-11-14-6-4-3-5-7-14/h10,14-15H,3-9,11H2,1-2H3. The van der Waals surface area contributed by atoms with E-state index in [2.05, 4.69) is 35.0 Å². The van der Waals surface area contributed by atoms with Crippen molar-refractivity contribution in [2.24, 2.45) is 5.92 Å². The highest BCUT2D eigenvalue weighted by molar-refractivity contribution is 5.06. The van der Waals surface area contributed by atoms with Crippen molar-refractivity contribution in [1.82, 2.24) is 15.1 Å². The zero-order valence-corrected chi connectivity index (χ0v) is 11.2. The molecule has 0 unspecified atom stereocenters. The summed E-state index contributed by atoms with van der Waals surface area (Å²) >= 11 is 0. The summed E-state index contributed by atoms with van der Waals surface area (Å²) in [5.74, 6) is 0.921. The summed E-state index contributed by atoms with van der Waals surface area (Å²) in [7, 11) is 0. The Hall–Kier alpha value is -0.830. The first-order valence-corrected chi connectivity index (χ1v) is 6.97. The number of nitrogens with one attached hydrogen (secondary N) is 1. The van der Waals surface area contributed by atoms with Crippen LogP contribution in [0, 0.1) is 19.8 Å². The molecule has 0 spiro atoms. The van der Waals surface area contributed by atoms with Gasteiger partial charge in [0.1, 0.15) is 0 Å². The third-order valence-electron chi connectivity index (χ3n) is 3.76. The van der Waals surface area contributed by atoms with Crippen LogP contribution in [0.15, 0.2) is 6.07 Å². The first kappa shape index (κ1) is 12.6. The molecule has 1 fully saturated rings. The Morgan fingerprint density at radius 2 is 2.06 bits per heavy atom. The number of hydrogen-bond donors (Lipinski definition) is 1. The van der Waals surface area contributed by atoms with E-state index in [4.69, 9.17) is 0 Å². The maximum Gasteiger partial charge on any atom is 0.0596 e. The number of rotatable bonds is 5. The summed E-state index contributed by atoms with van der Waals surface area (Å²) in [6.07, 6.45) is 7.16. The van der Waals surface area contributed by atoms with E-state index in [1.165, 1.54) is 44.3 Å². The molecule has 1 aliphatic carbocycles. The lowest BCUT2D eigenvalue weighted by molar-refractivity contribution is 0.339. The quantitative estimate of drug-likeness (QED) is 0.795. The predicted octanol–water partition coefficient (Wildman–Crippen LogP) is 2.67. The number of aryl methyl sites for hydroxylation is 2. The van der Waals surface area contributed by atoms with Crippen molar-refractivity contribution < 1.29 is 0 Å². The minimum atomic E-state index is 0.921. The largest absolute Gasteiger partial charge is 0.315 e. The molecule has 0 atom stereocenters. The smallest absolute Gasteiger partial charge is 0.0596 e. The first-order chi connectivity index (χ1) is 8.25. The fraction of sp³-hybridized carbons (Fsp3) is 0.786. The maximum atomic E-state index is 4.47. The molecular formula is C14H25N3. The summed E-state index contributed by atoms with van der Waals surface area (Å²) in [5, 5.41) is 8.05. The van der Waals surface area contributed by atoms with Crippen LogP contribution in [0.3, 0.4) is 0 Å². The van der Waals surface area contributed by atoms with Crippen molar-refractivity contribution in [2.45, 2.75) is 52.5 Å². The molecule has 17 heavy (non-hydrogen) atoms. The van der Waals surface area contributed by atoms with Gasteiger partial charge in [-0.2, -0.15) is 5.10 Å². The highest BCUT2D eigenvalue weighted by Crippen LogP contribution is 2.22. The van der Waals surface area contributed by atoms with Crippen molar-refractivity contribution in [2.75, 3.05) is 13.1 Å². The average molecular weight is 235 g/mol. The molecule has 1 aromatic heterocycles. The van der Waals surface area contributed by atoms with Gasteiger partial charge in [0.15, 0.2) is 0 Å². The minimum Gasteiger partial charge on any atom is -0.315 e. The molecular weight excluding hydrogens is 210 g/mol. The van der Waals surface area contributed by atoms with Crippen LogP contribution >= 0.6 is 0 Å². The van der Waals surface area contributed by atoms with Crippen LogP contribution in [-0.4, -0.2) is 22.9 Å². The van der Waals surface area contributed by atoms with Crippen LogP contribution in [-0.2, 0) is 6.54 Å². The molecule has 0 aliphatic heterocycles. The molecule has 3 nitrogen and oxygen atoms in total. The molecule has 0 aromatic carbocycles. The summed E-state index contributed by atoms with van der Waals surface area (Å²) in [6.45, 7) is 7.41. The Labute approximate surface area is 105 Å². The van der Waals surface area contributed by atoms with Crippen molar-refractivity contribution in [1.29, 1.82) is 0 Å². The van der Waals surface area contributed by atoms with Gasteiger partial charge < -0.3 is 5.32 Å². The molecule has 1 heterocycles. The van der Waals surface area contributed by atoms with Gasteiger partial charge in [0.05, 0.1) is 12.2 Å². The van der Waals surface area contributed by atoms with Gasteiger partial charge >= 0.3 is 0 Å². The zero-order chi connectivity index (χ0) is 12.1. The highest BCUT2D eigenvalue weighted by atomic mass is 15.3. The summed E-state index contributed by atoms with van der Waals surface area (Å²) < 4.78 is 2.10. The second kappa shape index (κ2) is 6.20. The van der Waals surface area contributed by atoms with Gasteiger partial charge in [-0.1, -0.05) is 19.3 Å². The molecule has 0 saturated heterocycles. The zero-order valence-electron chi connectivity index (χ0n) is 11.2. The number of nitrogens with zero attached hydrogens (tertiary/aromatic N) is 2. The van der Waals surface area contributed by atoms with E-state index < -0.39 is 0 Å². The number of aromatic nitrogens is 2. The van der Waals surface area contributed by atoms with Crippen molar-refractivity contribution in [3.63, 3.8) is 0 Å². The molecule has 0 amide bonds. The van der Waals surface area contributed by atoms with Crippen LogP contribution in [0.25, 0.3) is 0 Å². The third kappa shape index (κ3) is 3.84. The van der Waals surface area contributed by atoms with Crippen molar-refractivity contribution in [3.05, 3.63) is 17.5 Å². The molecule has 3 heteroatoms. The second-order valence-corrected chi connectivity index (χ2v) is 5.36. The minimum absolute atomic E-state index is 0.921. The van der Waals surface area contributed by atoms with E-state index in [0.717, 1.165) is 24.7 Å². The fourth-order valence-electron chi connectivity index (χ4n) is 2.78. The van der Waals surface area contributed by atoms with Crippen molar-refractivity contribution >= 4 is 0 Å². The lowest BCUT2D eigenvalue weighted by atomic mass is 9.89. The molecule has 1 saturated carbocycles. The van der Waals surface area contributed by atoms with Crippen molar-refractivity contribution in [3.8, 4) is 0 Å². The van der Waals surface area contributed by atoms with Crippen LogP contribution in [0.1, 0.15) is 43.5 Å². The molecule has 0 bridgehead atoms. The van der Waals surface area contributed by atoms with E-state index in [0.29, 0.717) is 0 Å². The van der Waals surface area contributed by atoms with Crippen LogP contribution in [0.4, 0.5) is 0 Å². The number of hydrogen-bond acceptors (Lipinski definition) is 2. The Balaban J connectivity index is 1.64. The summed E-state index contributed by atoms with van der Waals surface area (Å²) in [4.78, 5) is 0. The van der Waals surface area contributed by atoms with Crippen LogP contribution < -0.4 is 5.32 Å². The highest BCUT2D eigenvalue weighted by Gasteiger charge is 2.12. The second-order valence-electron chi connectivity index (χ2n) is 5.36. The van der Waals surface area contributed by atoms with Gasteiger partial charge in [-0.3, -0.25) is 4.68 Å². The molecule has 0 radical (unpaired) electrons.